The third-order valence-corrected chi connectivity index (χ3v) is 5.94. The van der Waals surface area contributed by atoms with Crippen LogP contribution < -0.4 is 5.32 Å². The summed E-state index contributed by atoms with van der Waals surface area (Å²) in [4.78, 5) is 33.7. The Kier molecular flexibility index (Phi) is 6.22. The number of hydrogen-bond acceptors (Lipinski definition) is 7. The number of anilines is 1. The molecule has 0 spiro atoms. The van der Waals surface area contributed by atoms with Gasteiger partial charge in [-0.15, -0.1) is 11.3 Å². The van der Waals surface area contributed by atoms with Gasteiger partial charge >= 0.3 is 5.97 Å². The van der Waals surface area contributed by atoms with E-state index in [4.69, 9.17) is 32.4 Å². The molecule has 0 aliphatic heterocycles. The molecule has 2 heterocycles. The van der Waals surface area contributed by atoms with Crippen molar-refractivity contribution in [1.82, 2.24) is 9.97 Å². The number of esters is 1. The number of oxazole rings is 1. The van der Waals surface area contributed by atoms with Crippen molar-refractivity contribution in [1.29, 1.82) is 0 Å². The summed E-state index contributed by atoms with van der Waals surface area (Å²) in [5.74, 6) is -1.13. The fourth-order valence-electron chi connectivity index (χ4n) is 2.87. The van der Waals surface area contributed by atoms with E-state index < -0.39 is 18.0 Å². The van der Waals surface area contributed by atoms with E-state index in [-0.39, 0.29) is 12.0 Å². The number of benzene rings is 2. The monoisotopic (exact) mass is 475 g/mol. The van der Waals surface area contributed by atoms with Gasteiger partial charge in [0.05, 0.1) is 21.3 Å². The summed E-state index contributed by atoms with van der Waals surface area (Å²) >= 11 is 13.3. The van der Waals surface area contributed by atoms with E-state index in [9.17, 15) is 9.59 Å². The average Bonchev–Trinajstić information content (AvgIpc) is 3.43. The molecule has 0 aliphatic rings. The Morgan fingerprint density at radius 3 is 2.84 bits per heavy atom. The quantitative estimate of drug-likeness (QED) is 0.352. The van der Waals surface area contributed by atoms with E-state index in [1.807, 2.05) is 0 Å². The number of aromatic nitrogens is 2. The number of nitrogens with one attached hydrogen (secondary N) is 1. The largest absolute Gasteiger partial charge is 0.449 e. The molecule has 0 saturated carbocycles. The van der Waals surface area contributed by atoms with Crippen LogP contribution in [0.2, 0.25) is 10.0 Å². The van der Waals surface area contributed by atoms with Gasteiger partial charge in [0, 0.05) is 10.9 Å². The van der Waals surface area contributed by atoms with Crippen LogP contribution in [0.25, 0.3) is 22.4 Å². The number of fused-ring (bicyclic) bond motifs is 1. The summed E-state index contributed by atoms with van der Waals surface area (Å²) in [7, 11) is 0. The fourth-order valence-corrected chi connectivity index (χ4v) is 3.89. The average molecular weight is 476 g/mol. The molecule has 10 heteroatoms. The Bertz CT molecular complexity index is 1270. The summed E-state index contributed by atoms with van der Waals surface area (Å²) < 4.78 is 10.6. The van der Waals surface area contributed by atoms with Gasteiger partial charge in [-0.05, 0) is 30.7 Å². The van der Waals surface area contributed by atoms with E-state index in [1.54, 1.807) is 48.7 Å². The molecule has 1 N–H and O–H groups in total. The van der Waals surface area contributed by atoms with Crippen LogP contribution in [0.5, 0.6) is 0 Å². The maximum Gasteiger partial charge on any atom is 0.341 e. The minimum atomic E-state index is -0.994. The Morgan fingerprint density at radius 1 is 1.23 bits per heavy atom. The predicted octanol–water partition coefficient (Wildman–Crippen LogP) is 5.83. The highest BCUT2D eigenvalue weighted by molar-refractivity contribution is 7.14. The van der Waals surface area contributed by atoms with Gasteiger partial charge in [0.25, 0.3) is 5.91 Å². The number of para-hydroxylation sites is 1. The van der Waals surface area contributed by atoms with Crippen molar-refractivity contribution in [2.24, 2.45) is 0 Å². The zero-order chi connectivity index (χ0) is 22.0. The number of thiazole rings is 1. The number of carbonyl (C=O) groups is 2. The third-order valence-electron chi connectivity index (χ3n) is 4.44. The highest BCUT2D eigenvalue weighted by Gasteiger charge is 2.24. The van der Waals surface area contributed by atoms with Crippen LogP contribution in [-0.4, -0.2) is 27.9 Å². The molecule has 0 saturated heterocycles. The summed E-state index contributed by atoms with van der Waals surface area (Å²) in [6, 6.07) is 10.1. The number of ether oxygens (including phenoxy) is 1. The minimum absolute atomic E-state index is 0.230. The van der Waals surface area contributed by atoms with Gasteiger partial charge in [-0.3, -0.25) is 10.1 Å². The minimum Gasteiger partial charge on any atom is -0.449 e. The van der Waals surface area contributed by atoms with E-state index in [0.29, 0.717) is 32.0 Å². The lowest BCUT2D eigenvalue weighted by atomic mass is 10.2. The van der Waals surface area contributed by atoms with Crippen LogP contribution in [0.4, 0.5) is 5.13 Å². The van der Waals surface area contributed by atoms with Gasteiger partial charge in [0.2, 0.25) is 0 Å². The summed E-state index contributed by atoms with van der Waals surface area (Å²) in [5.41, 5.74) is 2.49. The lowest BCUT2D eigenvalue weighted by molar-refractivity contribution is -0.124. The van der Waals surface area contributed by atoms with Crippen molar-refractivity contribution in [2.45, 2.75) is 19.4 Å². The first kappa shape index (κ1) is 21.3. The number of amides is 1. The van der Waals surface area contributed by atoms with Crippen molar-refractivity contribution >= 4 is 62.6 Å². The van der Waals surface area contributed by atoms with Crippen LogP contribution in [-0.2, 0) is 9.53 Å². The molecular weight excluding hydrogens is 461 g/mol. The molecule has 1 atom stereocenters. The number of nitrogens with zero attached hydrogens (tertiary/aromatic N) is 2. The lowest BCUT2D eigenvalue weighted by Crippen LogP contribution is -2.32. The van der Waals surface area contributed by atoms with Gasteiger partial charge in [-0.2, -0.15) is 0 Å². The van der Waals surface area contributed by atoms with Gasteiger partial charge in [-0.25, -0.2) is 14.8 Å². The molecular formula is C21H15Cl2N3O4S. The topological polar surface area (TPSA) is 94.3 Å². The molecule has 2 aromatic heterocycles. The second kappa shape index (κ2) is 9.05. The molecule has 4 aromatic rings. The molecule has 158 valence electrons. The SMILES string of the molecule is CCC(OC(=O)c1cccc2ocnc12)C(=O)Nc1nc(-c2ccc(Cl)c(Cl)c2)cs1. The van der Waals surface area contributed by atoms with Crippen molar-refractivity contribution in [3.63, 3.8) is 0 Å². The van der Waals surface area contributed by atoms with Crippen molar-refractivity contribution in [3.05, 3.63) is 63.8 Å². The molecule has 1 unspecified atom stereocenters. The fraction of sp³-hybridized carbons (Fsp3) is 0.143. The number of halogens is 2. The first-order valence-corrected chi connectivity index (χ1v) is 10.8. The Labute approximate surface area is 191 Å². The summed E-state index contributed by atoms with van der Waals surface area (Å²) in [5, 5.41) is 5.72. The maximum atomic E-state index is 12.7. The molecule has 7 nitrogen and oxygen atoms in total. The smallest absolute Gasteiger partial charge is 0.341 e. The molecule has 0 bridgehead atoms. The Hall–Kier alpha value is -2.94. The second-order valence-electron chi connectivity index (χ2n) is 6.46. The van der Waals surface area contributed by atoms with E-state index in [1.165, 1.54) is 17.7 Å². The van der Waals surface area contributed by atoms with Crippen LogP contribution in [0.1, 0.15) is 23.7 Å². The van der Waals surface area contributed by atoms with Crippen molar-refractivity contribution in [2.75, 3.05) is 5.32 Å². The molecule has 1 amide bonds. The number of rotatable bonds is 6. The van der Waals surface area contributed by atoms with E-state index in [0.717, 1.165) is 5.56 Å². The van der Waals surface area contributed by atoms with Crippen LogP contribution in [0, 0.1) is 0 Å². The zero-order valence-electron chi connectivity index (χ0n) is 16.1. The van der Waals surface area contributed by atoms with Gasteiger partial charge in [-0.1, -0.05) is 42.3 Å². The van der Waals surface area contributed by atoms with Crippen LogP contribution >= 0.6 is 34.5 Å². The number of hydrogen-bond donors (Lipinski definition) is 1. The number of carbonyl (C=O) groups excluding carboxylic acids is 2. The van der Waals surface area contributed by atoms with E-state index >= 15 is 0 Å². The predicted molar refractivity (Wildman–Crippen MR) is 120 cm³/mol. The molecule has 0 fully saturated rings. The highest BCUT2D eigenvalue weighted by atomic mass is 35.5. The van der Waals surface area contributed by atoms with E-state index in [2.05, 4.69) is 15.3 Å². The van der Waals surface area contributed by atoms with Gasteiger partial charge in [0.1, 0.15) is 5.52 Å². The van der Waals surface area contributed by atoms with Crippen LogP contribution in [0.15, 0.2) is 52.6 Å². The second-order valence-corrected chi connectivity index (χ2v) is 8.14. The van der Waals surface area contributed by atoms with Crippen LogP contribution in [0.3, 0.4) is 0 Å². The zero-order valence-corrected chi connectivity index (χ0v) is 18.4. The van der Waals surface area contributed by atoms with Crippen molar-refractivity contribution < 1.29 is 18.7 Å². The molecule has 0 radical (unpaired) electrons. The normalized spacial score (nSPS) is 12.0. The standard InChI is InChI=1S/C21H15Cl2N3O4S/c1-2-16(30-20(28)12-4-3-5-17-18(12)24-10-29-17)19(27)26-21-25-15(9-31-21)11-6-7-13(22)14(23)8-11/h3-10,16H,2H2,1H3,(H,25,26,27). The van der Waals surface area contributed by atoms with Gasteiger partial charge in [0.15, 0.2) is 23.2 Å². The first-order chi connectivity index (χ1) is 15.0. The van der Waals surface area contributed by atoms with Gasteiger partial charge < -0.3 is 9.15 Å². The Morgan fingerprint density at radius 2 is 2.06 bits per heavy atom. The first-order valence-electron chi connectivity index (χ1n) is 9.21. The molecule has 31 heavy (non-hydrogen) atoms. The maximum absolute atomic E-state index is 12.7. The molecule has 0 aliphatic carbocycles. The lowest BCUT2D eigenvalue weighted by Gasteiger charge is -2.15. The molecule has 2 aromatic carbocycles. The summed E-state index contributed by atoms with van der Waals surface area (Å²) in [6.45, 7) is 1.75. The third kappa shape index (κ3) is 4.56. The van der Waals surface area contributed by atoms with Crippen molar-refractivity contribution in [3.8, 4) is 11.3 Å². The summed E-state index contributed by atoms with van der Waals surface area (Å²) in [6.07, 6.45) is 0.545. The molecule has 4 rings (SSSR count). The Balaban J connectivity index is 1.46. The highest BCUT2D eigenvalue weighted by Crippen LogP contribution is 2.30.